The minimum Gasteiger partial charge on any atom is -0.486 e. The van der Waals surface area contributed by atoms with Crippen LogP contribution in [-0.2, 0) is 16.6 Å². The third-order valence-corrected chi connectivity index (χ3v) is 4.76. The van der Waals surface area contributed by atoms with Gasteiger partial charge in [-0.05, 0) is 42.5 Å². The molecule has 1 aromatic heterocycles. The second kappa shape index (κ2) is 8.19. The van der Waals surface area contributed by atoms with Crippen LogP contribution in [0.15, 0.2) is 70.0 Å². The average molecular weight is 408 g/mol. The summed E-state index contributed by atoms with van der Waals surface area (Å²) in [5.41, 5.74) is 1.93. The van der Waals surface area contributed by atoms with Gasteiger partial charge in [0.25, 0.3) is 10.0 Å². The van der Waals surface area contributed by atoms with Crippen molar-refractivity contribution in [1.82, 2.24) is 10.3 Å². The molecule has 0 aliphatic carbocycles. The maximum Gasteiger partial charge on any atom is 0.301 e. The predicted octanol–water partition coefficient (Wildman–Crippen LogP) is 2.76. The number of rotatable bonds is 7. The van der Waals surface area contributed by atoms with Crippen LogP contribution in [0.25, 0.3) is 0 Å². The highest BCUT2D eigenvalue weighted by molar-refractivity contribution is 7.89. The van der Waals surface area contributed by atoms with Gasteiger partial charge in [0.1, 0.15) is 18.1 Å². The second-order valence-electron chi connectivity index (χ2n) is 5.50. The van der Waals surface area contributed by atoms with Gasteiger partial charge in [0.15, 0.2) is 17.4 Å². The number of hydrazine groups is 1. The summed E-state index contributed by atoms with van der Waals surface area (Å²) in [5, 5.41) is 0. The molecule has 7 nitrogen and oxygen atoms in total. The third kappa shape index (κ3) is 4.72. The van der Waals surface area contributed by atoms with Gasteiger partial charge in [0.2, 0.25) is 0 Å². The molecule has 2 aromatic carbocycles. The van der Waals surface area contributed by atoms with E-state index in [0.29, 0.717) is 23.6 Å². The minimum atomic E-state index is -4.30. The Morgan fingerprint density at radius 1 is 1.00 bits per heavy atom. The number of hydrogen-bond donors (Lipinski definition) is 2. The molecular formula is C18H14F2N2O5S. The van der Waals surface area contributed by atoms with E-state index < -0.39 is 32.5 Å². The highest BCUT2D eigenvalue weighted by atomic mass is 32.2. The van der Waals surface area contributed by atoms with Crippen molar-refractivity contribution >= 4 is 15.9 Å². The standard InChI is InChI=1S/C18H14F2N2O5S/c19-15-8-7-14(10-16(15)20)28(24,25)22-21-18(23)17-9-6-13(27-17)11-26-12-4-2-1-3-5-12/h1-10,22H,11H2,(H,21,23). The molecular weight excluding hydrogens is 394 g/mol. The van der Waals surface area contributed by atoms with Crippen LogP contribution in [-0.4, -0.2) is 14.3 Å². The highest BCUT2D eigenvalue weighted by Crippen LogP contribution is 2.15. The van der Waals surface area contributed by atoms with Crippen molar-refractivity contribution in [3.63, 3.8) is 0 Å². The normalized spacial score (nSPS) is 11.2. The minimum absolute atomic E-state index is 0.0673. The first kappa shape index (κ1) is 19.5. The average Bonchev–Trinajstić information content (AvgIpc) is 3.16. The van der Waals surface area contributed by atoms with Gasteiger partial charge >= 0.3 is 5.91 Å². The van der Waals surface area contributed by atoms with E-state index in [-0.39, 0.29) is 12.4 Å². The molecule has 3 aromatic rings. The molecule has 0 radical (unpaired) electrons. The molecule has 0 saturated carbocycles. The summed E-state index contributed by atoms with van der Waals surface area (Å²) in [6, 6.07) is 13.8. The van der Waals surface area contributed by atoms with Gasteiger partial charge in [-0.3, -0.25) is 10.2 Å². The Hall–Kier alpha value is -3.24. The summed E-state index contributed by atoms with van der Waals surface area (Å²) >= 11 is 0. The lowest BCUT2D eigenvalue weighted by Crippen LogP contribution is -2.41. The Labute approximate surface area is 159 Å². The molecule has 146 valence electrons. The van der Waals surface area contributed by atoms with Crippen LogP contribution in [0, 0.1) is 11.6 Å². The first-order valence-corrected chi connectivity index (χ1v) is 9.37. The second-order valence-corrected chi connectivity index (χ2v) is 7.19. The number of halogens is 2. The number of para-hydroxylation sites is 1. The summed E-state index contributed by atoms with van der Waals surface area (Å²) in [5.74, 6) is -2.61. The molecule has 0 atom stereocenters. The van der Waals surface area contributed by atoms with Crippen molar-refractivity contribution in [2.24, 2.45) is 0 Å². The zero-order valence-electron chi connectivity index (χ0n) is 14.2. The summed E-state index contributed by atoms with van der Waals surface area (Å²) in [6.07, 6.45) is 0. The van der Waals surface area contributed by atoms with Gasteiger partial charge in [-0.15, -0.1) is 4.83 Å². The Bertz CT molecular complexity index is 1080. The molecule has 2 N–H and O–H groups in total. The van der Waals surface area contributed by atoms with E-state index in [1.54, 1.807) is 29.1 Å². The highest BCUT2D eigenvalue weighted by Gasteiger charge is 2.19. The van der Waals surface area contributed by atoms with Crippen LogP contribution in [0.5, 0.6) is 5.75 Å². The Morgan fingerprint density at radius 3 is 2.46 bits per heavy atom. The molecule has 0 aliphatic rings. The lowest BCUT2D eigenvalue weighted by molar-refractivity contribution is 0.0913. The Morgan fingerprint density at radius 2 is 1.75 bits per heavy atom. The first-order chi connectivity index (χ1) is 13.3. The molecule has 0 spiro atoms. The largest absolute Gasteiger partial charge is 0.486 e. The molecule has 1 heterocycles. The van der Waals surface area contributed by atoms with Crippen LogP contribution in [0.1, 0.15) is 16.3 Å². The van der Waals surface area contributed by atoms with E-state index in [4.69, 9.17) is 9.15 Å². The predicted molar refractivity (Wildman–Crippen MR) is 93.6 cm³/mol. The number of sulfonamides is 1. The zero-order chi connectivity index (χ0) is 20.1. The Kier molecular flexibility index (Phi) is 5.71. The monoisotopic (exact) mass is 408 g/mol. The van der Waals surface area contributed by atoms with E-state index in [1.807, 2.05) is 11.5 Å². The molecule has 28 heavy (non-hydrogen) atoms. The van der Waals surface area contributed by atoms with Gasteiger partial charge in [0.05, 0.1) is 4.90 Å². The van der Waals surface area contributed by atoms with E-state index in [2.05, 4.69) is 0 Å². The fourth-order valence-electron chi connectivity index (χ4n) is 2.13. The molecule has 0 bridgehead atoms. The Balaban J connectivity index is 1.59. The summed E-state index contributed by atoms with van der Waals surface area (Å²) in [7, 11) is -4.30. The molecule has 10 heteroatoms. The molecule has 1 amide bonds. The van der Waals surface area contributed by atoms with Crippen molar-refractivity contribution in [2.75, 3.05) is 0 Å². The topological polar surface area (TPSA) is 97.6 Å². The first-order valence-electron chi connectivity index (χ1n) is 7.89. The van der Waals surface area contributed by atoms with E-state index >= 15 is 0 Å². The van der Waals surface area contributed by atoms with Gasteiger partial charge in [-0.2, -0.15) is 0 Å². The van der Waals surface area contributed by atoms with E-state index in [9.17, 15) is 22.0 Å². The van der Waals surface area contributed by atoms with Crippen LogP contribution in [0.3, 0.4) is 0 Å². The quantitative estimate of drug-likeness (QED) is 0.586. The van der Waals surface area contributed by atoms with Crippen molar-refractivity contribution in [2.45, 2.75) is 11.5 Å². The van der Waals surface area contributed by atoms with Gasteiger partial charge in [-0.1, -0.05) is 18.2 Å². The molecule has 0 aliphatic heterocycles. The fraction of sp³-hybridized carbons (Fsp3) is 0.0556. The molecule has 0 unspecified atom stereocenters. The fourth-order valence-corrected chi connectivity index (χ4v) is 2.98. The zero-order valence-corrected chi connectivity index (χ0v) is 15.0. The van der Waals surface area contributed by atoms with Gasteiger partial charge in [0, 0.05) is 0 Å². The van der Waals surface area contributed by atoms with E-state index in [0.717, 1.165) is 6.07 Å². The number of furan rings is 1. The lowest BCUT2D eigenvalue weighted by Gasteiger charge is -2.07. The maximum atomic E-state index is 13.2. The van der Waals surface area contributed by atoms with Crippen LogP contribution in [0.4, 0.5) is 8.78 Å². The van der Waals surface area contributed by atoms with Crippen LogP contribution >= 0.6 is 0 Å². The van der Waals surface area contributed by atoms with Crippen molar-refractivity contribution in [3.05, 3.63) is 83.8 Å². The van der Waals surface area contributed by atoms with Crippen molar-refractivity contribution in [1.29, 1.82) is 0 Å². The molecule has 0 fully saturated rings. The smallest absolute Gasteiger partial charge is 0.301 e. The van der Waals surface area contributed by atoms with Crippen LogP contribution in [0.2, 0.25) is 0 Å². The maximum absolute atomic E-state index is 13.2. The van der Waals surface area contributed by atoms with Crippen molar-refractivity contribution < 1.29 is 31.1 Å². The van der Waals surface area contributed by atoms with E-state index in [1.165, 1.54) is 12.1 Å². The van der Waals surface area contributed by atoms with Crippen molar-refractivity contribution in [3.8, 4) is 5.75 Å². The number of hydrogen-bond acceptors (Lipinski definition) is 5. The number of nitrogens with one attached hydrogen (secondary N) is 2. The number of ether oxygens (including phenoxy) is 1. The summed E-state index contributed by atoms with van der Waals surface area (Å²) in [4.78, 5) is 13.3. The number of amides is 1. The molecule has 3 rings (SSSR count). The summed E-state index contributed by atoms with van der Waals surface area (Å²) < 4.78 is 60.9. The third-order valence-electron chi connectivity index (χ3n) is 3.51. The number of carbonyl (C=O) groups excluding carboxylic acids is 1. The van der Waals surface area contributed by atoms with Crippen LogP contribution < -0.4 is 15.0 Å². The number of benzene rings is 2. The lowest BCUT2D eigenvalue weighted by atomic mass is 10.3. The number of carbonyl (C=O) groups is 1. The SMILES string of the molecule is O=C(NNS(=O)(=O)c1ccc(F)c(F)c1)c1ccc(COc2ccccc2)o1. The van der Waals surface area contributed by atoms with Gasteiger partial charge < -0.3 is 9.15 Å². The summed E-state index contributed by atoms with van der Waals surface area (Å²) in [6.45, 7) is 0.0673. The molecule has 0 saturated heterocycles. The van der Waals surface area contributed by atoms with Gasteiger partial charge in [-0.25, -0.2) is 17.2 Å².